The molecule has 7 heteroatoms. The van der Waals surface area contributed by atoms with Gasteiger partial charge in [-0.3, -0.25) is 15.0 Å². The third-order valence-electron chi connectivity index (χ3n) is 5.74. The number of para-hydroxylation sites is 1. The Hall–Kier alpha value is -1.96. The van der Waals surface area contributed by atoms with E-state index in [-0.39, 0.29) is 23.8 Å². The first-order valence-electron chi connectivity index (χ1n) is 8.83. The largest absolute Gasteiger partial charge is 0.468 e. The average molecular weight is 344 g/mol. The fourth-order valence-electron chi connectivity index (χ4n) is 4.49. The van der Waals surface area contributed by atoms with E-state index in [2.05, 4.69) is 27.1 Å². The Bertz CT molecular complexity index is 695. The third-order valence-corrected chi connectivity index (χ3v) is 5.74. The van der Waals surface area contributed by atoms with E-state index in [4.69, 9.17) is 4.74 Å². The lowest BCUT2D eigenvalue weighted by Gasteiger charge is -2.40. The van der Waals surface area contributed by atoms with Crippen molar-refractivity contribution >= 4 is 17.6 Å². The molecule has 134 valence electrons. The van der Waals surface area contributed by atoms with Crippen LogP contribution in [0.2, 0.25) is 0 Å². The zero-order valence-corrected chi connectivity index (χ0v) is 14.4. The molecular weight excluding hydrogens is 320 g/mol. The monoisotopic (exact) mass is 344 g/mol. The van der Waals surface area contributed by atoms with Crippen molar-refractivity contribution in [3.05, 3.63) is 29.8 Å². The van der Waals surface area contributed by atoms with Crippen molar-refractivity contribution in [2.24, 2.45) is 5.92 Å². The summed E-state index contributed by atoms with van der Waals surface area (Å²) < 4.78 is 4.89. The second-order valence-electron chi connectivity index (χ2n) is 7.21. The Morgan fingerprint density at radius 3 is 3.08 bits per heavy atom. The van der Waals surface area contributed by atoms with E-state index >= 15 is 0 Å². The summed E-state index contributed by atoms with van der Waals surface area (Å²) >= 11 is 0. The molecule has 2 saturated heterocycles. The molecule has 0 saturated carbocycles. The predicted octanol–water partition coefficient (Wildman–Crippen LogP) is 0.238. The van der Waals surface area contributed by atoms with Crippen LogP contribution in [0.25, 0.3) is 0 Å². The molecule has 3 heterocycles. The van der Waals surface area contributed by atoms with Gasteiger partial charge < -0.3 is 15.0 Å². The number of carbonyl (C=O) groups excluding carboxylic acids is 2. The Kier molecular flexibility index (Phi) is 4.23. The van der Waals surface area contributed by atoms with Gasteiger partial charge in [0, 0.05) is 31.2 Å². The molecule has 0 aromatic heterocycles. The smallest absolute Gasteiger partial charge is 0.324 e. The number of likely N-dealkylation sites (tertiary alicyclic amines) is 1. The Balaban J connectivity index is 1.52. The fraction of sp³-hybridized carbons (Fsp3) is 0.556. The highest BCUT2D eigenvalue weighted by atomic mass is 16.5. The standard InChI is InChI=1S/C18H24N4O3/c1-25-16(23)15-12(9-19-21-15)10-22-8-4-7-18(11-22)13-5-2-3-6-14(13)20-17(18)24/h2-3,5-6,12,15,19,21H,4,7-11H2,1H3,(H,20,24). The second kappa shape index (κ2) is 6.40. The minimum absolute atomic E-state index is 0.102. The van der Waals surface area contributed by atoms with Gasteiger partial charge in [-0.25, -0.2) is 5.43 Å². The molecule has 3 atom stereocenters. The lowest BCUT2D eigenvalue weighted by Crippen LogP contribution is -2.52. The molecule has 7 nitrogen and oxygen atoms in total. The van der Waals surface area contributed by atoms with E-state index in [0.717, 1.165) is 37.2 Å². The SMILES string of the molecule is COC(=O)C1NNCC1CN1CCCC2(C1)C(=O)Nc1ccccc12. The number of nitrogens with zero attached hydrogens (tertiary/aromatic N) is 1. The minimum atomic E-state index is -0.463. The molecule has 1 aromatic carbocycles. The van der Waals surface area contributed by atoms with Gasteiger partial charge in [0.15, 0.2) is 0 Å². The highest BCUT2D eigenvalue weighted by Gasteiger charge is 2.49. The number of hydrogen-bond acceptors (Lipinski definition) is 6. The molecule has 3 unspecified atom stereocenters. The average Bonchev–Trinajstić information content (AvgIpc) is 3.19. The molecule has 1 spiro atoms. The summed E-state index contributed by atoms with van der Waals surface area (Å²) in [6.45, 7) is 3.12. The van der Waals surface area contributed by atoms with Crippen LogP contribution in [-0.4, -0.2) is 56.1 Å². The fourth-order valence-corrected chi connectivity index (χ4v) is 4.49. The minimum Gasteiger partial charge on any atom is -0.468 e. The lowest BCUT2D eigenvalue weighted by molar-refractivity contribution is -0.144. The number of rotatable bonds is 3. The summed E-state index contributed by atoms with van der Waals surface area (Å²) in [4.78, 5) is 27.0. The van der Waals surface area contributed by atoms with E-state index in [9.17, 15) is 9.59 Å². The molecule has 0 bridgehead atoms. The molecule has 4 rings (SSSR count). The van der Waals surface area contributed by atoms with Crippen molar-refractivity contribution in [3.63, 3.8) is 0 Å². The number of hydrogen-bond donors (Lipinski definition) is 3. The molecule has 2 fully saturated rings. The molecule has 3 N–H and O–H groups in total. The Morgan fingerprint density at radius 2 is 2.24 bits per heavy atom. The van der Waals surface area contributed by atoms with E-state index in [0.29, 0.717) is 13.1 Å². The van der Waals surface area contributed by atoms with Gasteiger partial charge in [-0.05, 0) is 31.0 Å². The Morgan fingerprint density at radius 1 is 1.40 bits per heavy atom. The van der Waals surface area contributed by atoms with E-state index in [1.165, 1.54) is 7.11 Å². The number of amides is 1. The summed E-state index contributed by atoms with van der Waals surface area (Å²) in [7, 11) is 1.41. The summed E-state index contributed by atoms with van der Waals surface area (Å²) in [5, 5.41) is 3.04. The van der Waals surface area contributed by atoms with Crippen molar-refractivity contribution in [2.45, 2.75) is 24.3 Å². The number of anilines is 1. The zero-order valence-electron chi connectivity index (χ0n) is 14.4. The number of benzene rings is 1. The molecule has 3 aliphatic heterocycles. The summed E-state index contributed by atoms with van der Waals surface area (Å²) in [5.74, 6) is -0.0152. The molecule has 1 amide bonds. The number of carbonyl (C=O) groups is 2. The highest BCUT2D eigenvalue weighted by molar-refractivity contribution is 6.06. The number of methoxy groups -OCH3 is 1. The summed E-state index contributed by atoms with van der Waals surface area (Å²) in [5.41, 5.74) is 7.64. The predicted molar refractivity (Wildman–Crippen MR) is 92.9 cm³/mol. The van der Waals surface area contributed by atoms with Gasteiger partial charge >= 0.3 is 5.97 Å². The van der Waals surface area contributed by atoms with Crippen LogP contribution in [0.1, 0.15) is 18.4 Å². The van der Waals surface area contributed by atoms with Gasteiger partial charge in [0.2, 0.25) is 5.91 Å². The maximum atomic E-state index is 12.8. The third kappa shape index (κ3) is 2.72. The van der Waals surface area contributed by atoms with Crippen LogP contribution in [0.15, 0.2) is 24.3 Å². The normalized spacial score (nSPS) is 31.8. The highest BCUT2D eigenvalue weighted by Crippen LogP contribution is 2.43. The van der Waals surface area contributed by atoms with Crippen LogP contribution in [0, 0.1) is 5.92 Å². The lowest BCUT2D eigenvalue weighted by atomic mass is 9.75. The molecular formula is C18H24N4O3. The summed E-state index contributed by atoms with van der Waals surface area (Å²) in [6, 6.07) is 7.65. The second-order valence-corrected chi connectivity index (χ2v) is 7.21. The molecule has 0 radical (unpaired) electrons. The van der Waals surface area contributed by atoms with Crippen LogP contribution in [0.5, 0.6) is 0 Å². The van der Waals surface area contributed by atoms with Crippen molar-refractivity contribution in [3.8, 4) is 0 Å². The molecule has 3 aliphatic rings. The van der Waals surface area contributed by atoms with Gasteiger partial charge in [-0.1, -0.05) is 18.2 Å². The first-order chi connectivity index (χ1) is 12.1. The molecule has 0 aliphatic carbocycles. The van der Waals surface area contributed by atoms with E-state index in [1.807, 2.05) is 18.2 Å². The topological polar surface area (TPSA) is 82.7 Å². The number of nitrogens with one attached hydrogen (secondary N) is 3. The van der Waals surface area contributed by atoms with Gasteiger partial charge in [0.1, 0.15) is 6.04 Å². The first-order valence-corrected chi connectivity index (χ1v) is 8.83. The van der Waals surface area contributed by atoms with E-state index in [1.54, 1.807) is 0 Å². The Labute approximate surface area is 147 Å². The van der Waals surface area contributed by atoms with Crippen LogP contribution < -0.4 is 16.2 Å². The van der Waals surface area contributed by atoms with Crippen molar-refractivity contribution < 1.29 is 14.3 Å². The van der Waals surface area contributed by atoms with Gasteiger partial charge in [-0.2, -0.15) is 0 Å². The number of fused-ring (bicyclic) bond motifs is 2. The maximum Gasteiger partial charge on any atom is 0.324 e. The van der Waals surface area contributed by atoms with Crippen molar-refractivity contribution in [1.29, 1.82) is 0 Å². The molecule has 1 aromatic rings. The van der Waals surface area contributed by atoms with Crippen LogP contribution >= 0.6 is 0 Å². The van der Waals surface area contributed by atoms with Crippen LogP contribution in [0.3, 0.4) is 0 Å². The van der Waals surface area contributed by atoms with Gasteiger partial charge in [-0.15, -0.1) is 0 Å². The molecule has 25 heavy (non-hydrogen) atoms. The van der Waals surface area contributed by atoms with E-state index < -0.39 is 5.41 Å². The van der Waals surface area contributed by atoms with Crippen LogP contribution in [0.4, 0.5) is 5.69 Å². The first kappa shape index (κ1) is 16.5. The maximum absolute atomic E-state index is 12.8. The quantitative estimate of drug-likeness (QED) is 0.682. The summed E-state index contributed by atoms with van der Waals surface area (Å²) in [6.07, 6.45) is 1.84. The van der Waals surface area contributed by atoms with Gasteiger partial charge in [0.25, 0.3) is 0 Å². The van der Waals surface area contributed by atoms with Crippen molar-refractivity contribution in [1.82, 2.24) is 15.8 Å². The number of hydrazine groups is 1. The number of piperidine rings is 1. The number of esters is 1. The van der Waals surface area contributed by atoms with Crippen molar-refractivity contribution in [2.75, 3.05) is 38.6 Å². The zero-order chi connectivity index (χ0) is 17.4. The van der Waals surface area contributed by atoms with Gasteiger partial charge in [0.05, 0.1) is 12.5 Å². The number of ether oxygens (including phenoxy) is 1. The van der Waals surface area contributed by atoms with Crippen LogP contribution in [-0.2, 0) is 19.7 Å².